The van der Waals surface area contributed by atoms with Crippen LogP contribution in [-0.4, -0.2) is 29.1 Å². The van der Waals surface area contributed by atoms with E-state index in [9.17, 15) is 9.59 Å². The zero-order chi connectivity index (χ0) is 23.0. The number of nitrogens with zero attached hydrogens (tertiary/aromatic N) is 2. The lowest BCUT2D eigenvalue weighted by atomic mass is 10.2. The summed E-state index contributed by atoms with van der Waals surface area (Å²) in [6.45, 7) is 0.324. The van der Waals surface area contributed by atoms with Gasteiger partial charge in [-0.1, -0.05) is 17.3 Å². The molecule has 9 heteroatoms. The van der Waals surface area contributed by atoms with Crippen LogP contribution in [0.2, 0.25) is 0 Å². The third-order valence-corrected chi connectivity index (χ3v) is 4.80. The smallest absolute Gasteiger partial charge is 0.291 e. The van der Waals surface area contributed by atoms with E-state index in [1.54, 1.807) is 37.4 Å². The summed E-state index contributed by atoms with van der Waals surface area (Å²) in [5, 5.41) is 9.58. The van der Waals surface area contributed by atoms with Crippen molar-refractivity contribution >= 4 is 17.5 Å². The minimum atomic E-state index is -0.338. The third kappa shape index (κ3) is 5.85. The lowest BCUT2D eigenvalue weighted by Crippen LogP contribution is -2.23. The molecule has 2 amide bonds. The molecule has 2 aromatic carbocycles. The first-order chi connectivity index (χ1) is 16.1. The van der Waals surface area contributed by atoms with Crippen LogP contribution in [0.1, 0.15) is 28.4 Å². The molecule has 4 rings (SSSR count). The van der Waals surface area contributed by atoms with E-state index in [1.807, 2.05) is 30.3 Å². The second kappa shape index (κ2) is 10.3. The molecule has 0 unspecified atom stereocenters. The zero-order valence-corrected chi connectivity index (χ0v) is 17.9. The largest absolute Gasteiger partial charge is 0.497 e. The average molecular weight is 446 g/mol. The Labute approximate surface area is 189 Å². The molecule has 2 aromatic heterocycles. The van der Waals surface area contributed by atoms with Crippen molar-refractivity contribution in [1.82, 2.24) is 15.5 Å². The summed E-state index contributed by atoms with van der Waals surface area (Å²) < 4.78 is 15.5. The van der Waals surface area contributed by atoms with Crippen LogP contribution < -0.4 is 15.4 Å². The molecule has 0 aliphatic carbocycles. The van der Waals surface area contributed by atoms with Crippen molar-refractivity contribution in [2.24, 2.45) is 0 Å². The quantitative estimate of drug-likeness (QED) is 0.401. The number of methoxy groups -OCH3 is 1. The van der Waals surface area contributed by atoms with Gasteiger partial charge in [0.15, 0.2) is 5.76 Å². The number of benzene rings is 2. The maximum Gasteiger partial charge on any atom is 0.291 e. The van der Waals surface area contributed by atoms with Gasteiger partial charge in [0, 0.05) is 30.6 Å². The van der Waals surface area contributed by atoms with E-state index in [0.29, 0.717) is 30.4 Å². The number of hydrogen-bond donors (Lipinski definition) is 2. The first kappa shape index (κ1) is 21.8. The lowest BCUT2D eigenvalue weighted by Gasteiger charge is -2.08. The van der Waals surface area contributed by atoms with Gasteiger partial charge in [0.1, 0.15) is 5.75 Å². The molecular weight excluding hydrogens is 424 g/mol. The van der Waals surface area contributed by atoms with Gasteiger partial charge in [-0.3, -0.25) is 9.59 Å². The highest BCUT2D eigenvalue weighted by molar-refractivity contribution is 6.02. The molecule has 0 spiro atoms. The van der Waals surface area contributed by atoms with Gasteiger partial charge in [-0.25, -0.2) is 0 Å². The standard InChI is InChI=1S/C24H22N4O5/c1-31-19-9-7-17(8-10-19)23-27-22(33-28-23)12-11-21(29)25-15-16-4-2-5-18(14-16)26-24(30)20-6-3-13-32-20/h2-10,13-14H,11-12,15H2,1H3,(H,25,29)(H,26,30). The molecule has 2 heterocycles. The molecule has 0 saturated carbocycles. The molecule has 168 valence electrons. The molecule has 0 aliphatic rings. The predicted octanol–water partition coefficient (Wildman–Crippen LogP) is 3.84. The van der Waals surface area contributed by atoms with Crippen LogP contribution in [0.5, 0.6) is 5.75 Å². The van der Waals surface area contributed by atoms with E-state index in [1.165, 1.54) is 6.26 Å². The van der Waals surface area contributed by atoms with E-state index in [0.717, 1.165) is 16.9 Å². The monoisotopic (exact) mass is 446 g/mol. The summed E-state index contributed by atoms with van der Waals surface area (Å²) >= 11 is 0. The molecule has 0 atom stereocenters. The van der Waals surface area contributed by atoms with Gasteiger partial charge in [-0.05, 0) is 54.1 Å². The van der Waals surface area contributed by atoms with Crippen molar-refractivity contribution in [2.75, 3.05) is 12.4 Å². The Kier molecular flexibility index (Phi) is 6.79. The maximum atomic E-state index is 12.3. The first-order valence-corrected chi connectivity index (χ1v) is 10.3. The van der Waals surface area contributed by atoms with Gasteiger partial charge in [-0.2, -0.15) is 4.98 Å². The number of aryl methyl sites for hydroxylation is 1. The van der Waals surface area contributed by atoms with Gasteiger partial charge in [0.2, 0.25) is 17.6 Å². The summed E-state index contributed by atoms with van der Waals surface area (Å²) in [7, 11) is 1.60. The lowest BCUT2D eigenvalue weighted by molar-refractivity contribution is -0.121. The van der Waals surface area contributed by atoms with Crippen molar-refractivity contribution in [3.63, 3.8) is 0 Å². The summed E-state index contributed by atoms with van der Waals surface area (Å²) in [4.78, 5) is 28.7. The molecule has 0 fully saturated rings. The maximum absolute atomic E-state index is 12.3. The minimum Gasteiger partial charge on any atom is -0.497 e. The van der Waals surface area contributed by atoms with E-state index >= 15 is 0 Å². The van der Waals surface area contributed by atoms with Crippen LogP contribution in [0.15, 0.2) is 75.9 Å². The highest BCUT2D eigenvalue weighted by atomic mass is 16.5. The van der Waals surface area contributed by atoms with Crippen molar-refractivity contribution < 1.29 is 23.3 Å². The highest BCUT2D eigenvalue weighted by Crippen LogP contribution is 2.20. The fourth-order valence-corrected chi connectivity index (χ4v) is 3.08. The molecule has 0 radical (unpaired) electrons. The van der Waals surface area contributed by atoms with Crippen LogP contribution in [-0.2, 0) is 17.8 Å². The van der Waals surface area contributed by atoms with E-state index in [-0.39, 0.29) is 24.0 Å². The number of ether oxygens (including phenoxy) is 1. The molecule has 9 nitrogen and oxygen atoms in total. The number of carbonyl (C=O) groups excluding carboxylic acids is 2. The molecule has 4 aromatic rings. The van der Waals surface area contributed by atoms with E-state index in [4.69, 9.17) is 13.7 Å². The number of nitrogens with one attached hydrogen (secondary N) is 2. The molecule has 0 aliphatic heterocycles. The van der Waals surface area contributed by atoms with E-state index < -0.39 is 0 Å². The SMILES string of the molecule is COc1ccc(-c2noc(CCC(=O)NCc3cccc(NC(=O)c4ccco4)c3)n2)cc1. The Bertz CT molecular complexity index is 1220. The fraction of sp³-hybridized carbons (Fsp3) is 0.167. The molecule has 2 N–H and O–H groups in total. The van der Waals surface area contributed by atoms with Crippen LogP contribution in [0.3, 0.4) is 0 Å². The Balaban J connectivity index is 1.25. The Morgan fingerprint density at radius 3 is 2.67 bits per heavy atom. The first-order valence-electron chi connectivity index (χ1n) is 10.3. The normalized spacial score (nSPS) is 10.6. The zero-order valence-electron chi connectivity index (χ0n) is 17.9. The summed E-state index contributed by atoms with van der Waals surface area (Å²) in [6, 6.07) is 17.8. The fourth-order valence-electron chi connectivity index (χ4n) is 3.08. The van der Waals surface area contributed by atoms with Crippen molar-refractivity contribution in [3.05, 3.63) is 84.1 Å². The van der Waals surface area contributed by atoms with Crippen molar-refractivity contribution in [2.45, 2.75) is 19.4 Å². The number of carbonyl (C=O) groups is 2. The van der Waals surface area contributed by atoms with Gasteiger partial charge in [0.25, 0.3) is 5.91 Å². The summed E-state index contributed by atoms with van der Waals surface area (Å²) in [5.41, 5.74) is 2.26. The molecular formula is C24H22N4O5. The van der Waals surface area contributed by atoms with Crippen LogP contribution >= 0.6 is 0 Å². The molecule has 33 heavy (non-hydrogen) atoms. The summed E-state index contributed by atoms with van der Waals surface area (Å²) in [5.74, 6) is 1.33. The second-order valence-electron chi connectivity index (χ2n) is 7.15. The van der Waals surface area contributed by atoms with Crippen LogP contribution in [0.4, 0.5) is 5.69 Å². The average Bonchev–Trinajstić information content (AvgIpc) is 3.54. The van der Waals surface area contributed by atoms with Gasteiger partial charge < -0.3 is 24.3 Å². The topological polar surface area (TPSA) is 119 Å². The van der Waals surface area contributed by atoms with Crippen molar-refractivity contribution in [1.29, 1.82) is 0 Å². The van der Waals surface area contributed by atoms with Gasteiger partial charge in [-0.15, -0.1) is 0 Å². The number of rotatable bonds is 9. The van der Waals surface area contributed by atoms with Crippen molar-refractivity contribution in [3.8, 4) is 17.1 Å². The van der Waals surface area contributed by atoms with Crippen LogP contribution in [0.25, 0.3) is 11.4 Å². The Hall–Kier alpha value is -4.40. The van der Waals surface area contributed by atoms with Crippen LogP contribution in [0, 0.1) is 0 Å². The molecule has 0 saturated heterocycles. The Morgan fingerprint density at radius 1 is 1.06 bits per heavy atom. The molecule has 0 bridgehead atoms. The number of aromatic nitrogens is 2. The van der Waals surface area contributed by atoms with Gasteiger partial charge in [0.05, 0.1) is 13.4 Å². The number of hydrogen-bond acceptors (Lipinski definition) is 7. The third-order valence-electron chi connectivity index (χ3n) is 4.80. The highest BCUT2D eigenvalue weighted by Gasteiger charge is 2.12. The number of amides is 2. The second-order valence-corrected chi connectivity index (χ2v) is 7.15. The number of furan rings is 1. The predicted molar refractivity (Wildman–Crippen MR) is 120 cm³/mol. The summed E-state index contributed by atoms with van der Waals surface area (Å²) in [6.07, 6.45) is 1.97. The van der Waals surface area contributed by atoms with Gasteiger partial charge >= 0.3 is 0 Å². The minimum absolute atomic E-state index is 0.149. The number of anilines is 1. The van der Waals surface area contributed by atoms with E-state index in [2.05, 4.69) is 20.8 Å². The Morgan fingerprint density at radius 2 is 1.91 bits per heavy atom.